The van der Waals surface area contributed by atoms with E-state index in [-0.39, 0.29) is 24.3 Å². The summed E-state index contributed by atoms with van der Waals surface area (Å²) in [6.45, 7) is 9.11. The molecule has 1 aliphatic heterocycles. The van der Waals surface area contributed by atoms with E-state index in [9.17, 15) is 9.59 Å². The van der Waals surface area contributed by atoms with Crippen LogP contribution in [-0.2, 0) is 4.79 Å². The van der Waals surface area contributed by atoms with Crippen LogP contribution in [0.1, 0.15) is 43.4 Å². The van der Waals surface area contributed by atoms with Crippen molar-refractivity contribution in [1.82, 2.24) is 4.90 Å². The van der Waals surface area contributed by atoms with E-state index in [2.05, 4.69) is 26.0 Å². The van der Waals surface area contributed by atoms with E-state index in [1.54, 1.807) is 6.08 Å². The molecule has 0 unspecified atom stereocenters. The van der Waals surface area contributed by atoms with Crippen LogP contribution in [0.4, 0.5) is 4.79 Å². The van der Waals surface area contributed by atoms with Crippen LogP contribution in [0, 0.1) is 6.92 Å². The highest BCUT2D eigenvalue weighted by molar-refractivity contribution is 8.18. The second kappa shape index (κ2) is 10.3. The van der Waals surface area contributed by atoms with Gasteiger partial charge >= 0.3 is 0 Å². The van der Waals surface area contributed by atoms with Crippen LogP contribution in [0.3, 0.4) is 0 Å². The summed E-state index contributed by atoms with van der Waals surface area (Å²) < 4.78 is 11.8. The summed E-state index contributed by atoms with van der Waals surface area (Å²) in [7, 11) is 0. The molecule has 34 heavy (non-hydrogen) atoms. The van der Waals surface area contributed by atoms with Crippen molar-refractivity contribution in [3.63, 3.8) is 0 Å². The average Bonchev–Trinajstić information content (AvgIpc) is 3.08. The van der Waals surface area contributed by atoms with Gasteiger partial charge in [-0.15, -0.1) is 0 Å². The Labute approximate surface area is 204 Å². The molecule has 4 rings (SSSR count). The van der Waals surface area contributed by atoms with Crippen molar-refractivity contribution in [3.8, 4) is 11.5 Å². The van der Waals surface area contributed by atoms with E-state index >= 15 is 0 Å². The van der Waals surface area contributed by atoms with Crippen molar-refractivity contribution in [2.24, 2.45) is 0 Å². The SMILES string of the molecule is CCOc1ccc2ccccc2c1/C=C1\SC(=O)N(CCOc2cc(C)ccc2C(C)C)C1=O. The van der Waals surface area contributed by atoms with E-state index < -0.39 is 0 Å². The van der Waals surface area contributed by atoms with Gasteiger partial charge in [-0.2, -0.15) is 0 Å². The first-order valence-corrected chi connectivity index (χ1v) is 12.3. The Morgan fingerprint density at radius 3 is 2.56 bits per heavy atom. The molecule has 6 heteroatoms. The lowest BCUT2D eigenvalue weighted by molar-refractivity contribution is -0.123. The van der Waals surface area contributed by atoms with Gasteiger partial charge in [-0.05, 0) is 71.6 Å². The molecule has 0 bridgehead atoms. The fourth-order valence-electron chi connectivity index (χ4n) is 4.02. The van der Waals surface area contributed by atoms with Gasteiger partial charge in [0.15, 0.2) is 0 Å². The smallest absolute Gasteiger partial charge is 0.293 e. The van der Waals surface area contributed by atoms with Gasteiger partial charge in [0.25, 0.3) is 11.1 Å². The first-order chi connectivity index (χ1) is 16.4. The number of hydrogen-bond acceptors (Lipinski definition) is 5. The van der Waals surface area contributed by atoms with Gasteiger partial charge in [0.2, 0.25) is 0 Å². The van der Waals surface area contributed by atoms with Gasteiger partial charge < -0.3 is 9.47 Å². The molecule has 5 nitrogen and oxygen atoms in total. The van der Waals surface area contributed by atoms with E-state index in [0.29, 0.717) is 23.2 Å². The first-order valence-electron chi connectivity index (χ1n) is 11.5. The van der Waals surface area contributed by atoms with Gasteiger partial charge in [0.1, 0.15) is 18.1 Å². The minimum absolute atomic E-state index is 0.196. The summed E-state index contributed by atoms with van der Waals surface area (Å²) in [5.41, 5.74) is 3.02. The van der Waals surface area contributed by atoms with Crippen molar-refractivity contribution < 1.29 is 19.1 Å². The third kappa shape index (κ3) is 4.97. The number of benzene rings is 3. The Morgan fingerprint density at radius 2 is 1.79 bits per heavy atom. The van der Waals surface area contributed by atoms with Crippen molar-refractivity contribution in [2.45, 2.75) is 33.6 Å². The maximum Gasteiger partial charge on any atom is 0.293 e. The summed E-state index contributed by atoms with van der Waals surface area (Å²) in [4.78, 5) is 27.4. The lowest BCUT2D eigenvalue weighted by Crippen LogP contribution is -2.32. The van der Waals surface area contributed by atoms with Crippen molar-refractivity contribution in [1.29, 1.82) is 0 Å². The second-order valence-electron chi connectivity index (χ2n) is 8.51. The summed E-state index contributed by atoms with van der Waals surface area (Å²) in [6.07, 6.45) is 1.77. The molecular weight excluding hydrogens is 446 g/mol. The molecule has 0 saturated carbocycles. The molecule has 3 aromatic carbocycles. The number of ether oxygens (including phenoxy) is 2. The van der Waals surface area contributed by atoms with Crippen LogP contribution in [-0.4, -0.2) is 35.8 Å². The number of nitrogens with zero attached hydrogens (tertiary/aromatic N) is 1. The monoisotopic (exact) mass is 475 g/mol. The molecule has 0 spiro atoms. The maximum absolute atomic E-state index is 13.1. The van der Waals surface area contributed by atoms with Crippen LogP contribution in [0.15, 0.2) is 59.5 Å². The number of aryl methyl sites for hydroxylation is 1. The van der Waals surface area contributed by atoms with E-state index in [1.165, 1.54) is 4.90 Å². The second-order valence-corrected chi connectivity index (χ2v) is 9.50. The predicted molar refractivity (Wildman–Crippen MR) is 139 cm³/mol. The van der Waals surface area contributed by atoms with Crippen LogP contribution in [0.25, 0.3) is 16.8 Å². The Balaban J connectivity index is 1.54. The molecule has 1 aliphatic rings. The van der Waals surface area contributed by atoms with Crippen molar-refractivity contribution >= 4 is 39.8 Å². The van der Waals surface area contributed by atoms with Gasteiger partial charge in [0.05, 0.1) is 18.1 Å². The van der Waals surface area contributed by atoms with Crippen LogP contribution in [0.2, 0.25) is 0 Å². The fraction of sp³-hybridized carbons (Fsp3) is 0.286. The average molecular weight is 476 g/mol. The highest BCUT2D eigenvalue weighted by Crippen LogP contribution is 2.37. The third-order valence-corrected chi connectivity index (χ3v) is 6.65. The van der Waals surface area contributed by atoms with E-state index in [4.69, 9.17) is 9.47 Å². The van der Waals surface area contributed by atoms with Gasteiger partial charge in [0, 0.05) is 5.56 Å². The van der Waals surface area contributed by atoms with E-state index in [0.717, 1.165) is 45.0 Å². The summed E-state index contributed by atoms with van der Waals surface area (Å²) in [5, 5.41) is 1.74. The normalized spacial score (nSPS) is 15.1. The van der Waals surface area contributed by atoms with Crippen molar-refractivity contribution in [3.05, 3.63) is 76.2 Å². The summed E-state index contributed by atoms with van der Waals surface area (Å²) in [5.74, 6) is 1.50. The molecular formula is C28H29NO4S. The topological polar surface area (TPSA) is 55.8 Å². The summed E-state index contributed by atoms with van der Waals surface area (Å²) >= 11 is 0.956. The van der Waals surface area contributed by atoms with Gasteiger partial charge in [-0.25, -0.2) is 0 Å². The predicted octanol–water partition coefficient (Wildman–Crippen LogP) is 6.79. The molecule has 1 heterocycles. The maximum atomic E-state index is 13.1. The molecule has 176 valence electrons. The fourth-order valence-corrected chi connectivity index (χ4v) is 4.87. The molecule has 2 amide bonds. The van der Waals surface area contributed by atoms with Crippen LogP contribution >= 0.6 is 11.8 Å². The first kappa shape index (κ1) is 23.9. The molecule has 0 atom stereocenters. The lowest BCUT2D eigenvalue weighted by Gasteiger charge is -2.17. The molecule has 1 saturated heterocycles. The number of amides is 2. The zero-order valence-corrected chi connectivity index (χ0v) is 20.8. The highest BCUT2D eigenvalue weighted by Gasteiger charge is 2.35. The third-order valence-electron chi connectivity index (χ3n) is 5.74. The minimum atomic E-state index is -0.303. The molecule has 0 aromatic heterocycles. The Hall–Kier alpha value is -3.25. The van der Waals surface area contributed by atoms with Crippen LogP contribution < -0.4 is 9.47 Å². The Bertz CT molecular complexity index is 1260. The Morgan fingerprint density at radius 1 is 1.00 bits per heavy atom. The lowest BCUT2D eigenvalue weighted by atomic mass is 10.0. The number of thioether (sulfide) groups is 1. The Kier molecular flexibility index (Phi) is 7.27. The van der Waals surface area contributed by atoms with E-state index in [1.807, 2.05) is 56.3 Å². The molecule has 3 aromatic rings. The quantitative estimate of drug-likeness (QED) is 0.336. The standard InChI is InChI=1S/C28H29NO4S/c1-5-32-24-13-11-20-8-6-7-9-22(20)23(24)17-26-27(30)29(28(31)34-26)14-15-33-25-16-19(4)10-12-21(25)18(2)3/h6-13,16-18H,5,14-15H2,1-4H3/b26-17-. The van der Waals surface area contributed by atoms with Crippen molar-refractivity contribution in [2.75, 3.05) is 19.8 Å². The zero-order valence-electron chi connectivity index (χ0n) is 20.0. The number of hydrogen-bond donors (Lipinski definition) is 0. The number of rotatable bonds is 8. The largest absolute Gasteiger partial charge is 0.493 e. The van der Waals surface area contributed by atoms with Gasteiger partial charge in [-0.3, -0.25) is 14.5 Å². The minimum Gasteiger partial charge on any atom is -0.493 e. The highest BCUT2D eigenvalue weighted by atomic mass is 32.2. The molecule has 0 aliphatic carbocycles. The number of carbonyl (C=O) groups is 2. The molecule has 0 radical (unpaired) electrons. The molecule has 1 fully saturated rings. The number of fused-ring (bicyclic) bond motifs is 1. The number of imide groups is 1. The van der Waals surface area contributed by atoms with Gasteiger partial charge in [-0.1, -0.05) is 56.3 Å². The van der Waals surface area contributed by atoms with Crippen LogP contribution in [0.5, 0.6) is 11.5 Å². The zero-order chi connectivity index (χ0) is 24.2. The molecule has 0 N–H and O–H groups in total. The number of carbonyl (C=O) groups excluding carboxylic acids is 2. The summed E-state index contributed by atoms with van der Waals surface area (Å²) in [6, 6.07) is 18.0.